The Morgan fingerprint density at radius 1 is 1.10 bits per heavy atom. The highest BCUT2D eigenvalue weighted by Crippen LogP contribution is 2.30. The lowest BCUT2D eigenvalue weighted by Crippen LogP contribution is -2.02. The summed E-state index contributed by atoms with van der Waals surface area (Å²) in [6.07, 6.45) is 3.85. The van der Waals surface area contributed by atoms with Crippen molar-refractivity contribution in [2.75, 3.05) is 5.73 Å². The van der Waals surface area contributed by atoms with Gasteiger partial charge in [0.2, 0.25) is 5.88 Å². The van der Waals surface area contributed by atoms with Gasteiger partial charge in [0.15, 0.2) is 5.75 Å². The molecule has 5 nitrogen and oxygen atoms in total. The summed E-state index contributed by atoms with van der Waals surface area (Å²) in [5.41, 5.74) is 7.46. The summed E-state index contributed by atoms with van der Waals surface area (Å²) in [6.45, 7) is 1.99. The topological polar surface area (TPSA) is 73.9 Å². The van der Waals surface area contributed by atoms with Gasteiger partial charge in [0, 0.05) is 11.6 Å². The molecule has 0 bridgehead atoms. The first kappa shape index (κ1) is 12.3. The summed E-state index contributed by atoms with van der Waals surface area (Å²) in [5.74, 6) is 1.60. The van der Waals surface area contributed by atoms with Gasteiger partial charge in [-0.1, -0.05) is 25.1 Å². The predicted molar refractivity (Wildman–Crippen MR) is 77.6 cm³/mol. The molecule has 0 aliphatic carbocycles. The van der Waals surface area contributed by atoms with Crippen molar-refractivity contribution in [2.45, 2.75) is 13.3 Å². The molecule has 2 heterocycles. The second-order valence-electron chi connectivity index (χ2n) is 4.33. The van der Waals surface area contributed by atoms with Crippen LogP contribution in [0.4, 0.5) is 5.82 Å². The van der Waals surface area contributed by atoms with Crippen LogP contribution in [-0.2, 0) is 6.42 Å². The third-order valence-corrected chi connectivity index (χ3v) is 3.10. The lowest BCUT2D eigenvalue weighted by atomic mass is 10.2. The summed E-state index contributed by atoms with van der Waals surface area (Å²) in [7, 11) is 0. The molecule has 0 saturated carbocycles. The number of rotatable bonds is 3. The summed E-state index contributed by atoms with van der Waals surface area (Å²) >= 11 is 0. The molecule has 0 radical (unpaired) electrons. The molecule has 0 atom stereocenters. The second-order valence-corrected chi connectivity index (χ2v) is 4.33. The van der Waals surface area contributed by atoms with Gasteiger partial charge in [-0.25, -0.2) is 9.97 Å². The molecular weight excluding hydrogens is 252 g/mol. The molecule has 2 aromatic heterocycles. The van der Waals surface area contributed by atoms with Crippen LogP contribution in [0.25, 0.3) is 10.9 Å². The molecule has 0 aliphatic rings. The first-order chi connectivity index (χ1) is 9.79. The van der Waals surface area contributed by atoms with Crippen LogP contribution in [0.3, 0.4) is 0 Å². The van der Waals surface area contributed by atoms with E-state index >= 15 is 0 Å². The Hall–Kier alpha value is -2.69. The Labute approximate surface area is 116 Å². The number of fused-ring (bicyclic) bond motifs is 1. The Bertz CT molecular complexity index is 752. The van der Waals surface area contributed by atoms with Crippen LogP contribution in [0.5, 0.6) is 11.6 Å². The summed E-state index contributed by atoms with van der Waals surface area (Å²) in [4.78, 5) is 12.5. The van der Waals surface area contributed by atoms with Crippen molar-refractivity contribution in [1.82, 2.24) is 15.0 Å². The molecule has 0 saturated heterocycles. The van der Waals surface area contributed by atoms with Crippen molar-refractivity contribution in [3.05, 3.63) is 48.4 Å². The zero-order valence-electron chi connectivity index (χ0n) is 11.1. The Morgan fingerprint density at radius 2 is 1.95 bits per heavy atom. The van der Waals surface area contributed by atoms with Crippen molar-refractivity contribution in [3.63, 3.8) is 0 Å². The van der Waals surface area contributed by atoms with E-state index in [1.807, 2.05) is 37.3 Å². The zero-order chi connectivity index (χ0) is 13.9. The van der Waals surface area contributed by atoms with Crippen LogP contribution < -0.4 is 10.5 Å². The highest BCUT2D eigenvalue weighted by atomic mass is 16.5. The number of nitrogens with zero attached hydrogens (tertiary/aromatic N) is 3. The van der Waals surface area contributed by atoms with Crippen molar-refractivity contribution in [3.8, 4) is 11.6 Å². The minimum Gasteiger partial charge on any atom is -0.436 e. The van der Waals surface area contributed by atoms with Crippen molar-refractivity contribution in [2.24, 2.45) is 0 Å². The Morgan fingerprint density at radius 3 is 2.80 bits per heavy atom. The number of hydrogen-bond donors (Lipinski definition) is 1. The maximum absolute atomic E-state index is 5.90. The number of pyridine rings is 1. The van der Waals surface area contributed by atoms with Crippen molar-refractivity contribution < 1.29 is 4.74 Å². The number of hydrogen-bond acceptors (Lipinski definition) is 5. The molecule has 3 aromatic rings. The molecule has 100 valence electrons. The van der Waals surface area contributed by atoms with Crippen LogP contribution in [0.2, 0.25) is 0 Å². The number of anilines is 1. The monoisotopic (exact) mass is 266 g/mol. The third kappa shape index (κ3) is 2.14. The lowest BCUT2D eigenvalue weighted by Gasteiger charge is -2.11. The van der Waals surface area contributed by atoms with E-state index in [1.54, 1.807) is 6.20 Å². The van der Waals surface area contributed by atoms with Gasteiger partial charge in [-0.3, -0.25) is 4.98 Å². The largest absolute Gasteiger partial charge is 0.436 e. The molecule has 0 amide bonds. The predicted octanol–water partition coefficient (Wildman–Crippen LogP) is 2.96. The van der Waals surface area contributed by atoms with E-state index in [1.165, 1.54) is 6.33 Å². The SMILES string of the molecule is CCc1c(N)ncnc1Oc1cccc2cccnc12. The van der Waals surface area contributed by atoms with Crippen LogP contribution in [0.15, 0.2) is 42.9 Å². The van der Waals surface area contributed by atoms with E-state index in [4.69, 9.17) is 10.5 Å². The Balaban J connectivity index is 2.08. The molecule has 0 fully saturated rings. The fraction of sp³-hybridized carbons (Fsp3) is 0.133. The maximum atomic E-state index is 5.90. The minimum absolute atomic E-state index is 0.450. The van der Waals surface area contributed by atoms with Gasteiger partial charge in [0.1, 0.15) is 17.7 Å². The van der Waals surface area contributed by atoms with Crippen LogP contribution in [-0.4, -0.2) is 15.0 Å². The number of para-hydroxylation sites is 1. The van der Waals surface area contributed by atoms with E-state index in [2.05, 4.69) is 15.0 Å². The molecule has 5 heteroatoms. The molecule has 0 aliphatic heterocycles. The number of nitrogens with two attached hydrogens (primary N) is 1. The molecule has 1 aromatic carbocycles. The fourth-order valence-electron chi connectivity index (χ4n) is 2.09. The fourth-order valence-corrected chi connectivity index (χ4v) is 2.09. The van der Waals surface area contributed by atoms with E-state index < -0.39 is 0 Å². The minimum atomic E-state index is 0.450. The molecule has 3 rings (SSSR count). The zero-order valence-corrected chi connectivity index (χ0v) is 11.1. The van der Waals surface area contributed by atoms with Gasteiger partial charge in [0.05, 0.1) is 5.56 Å². The van der Waals surface area contributed by atoms with Gasteiger partial charge in [0.25, 0.3) is 0 Å². The first-order valence-corrected chi connectivity index (χ1v) is 6.40. The molecule has 0 unspecified atom stereocenters. The average molecular weight is 266 g/mol. The average Bonchev–Trinajstić information content (AvgIpc) is 2.48. The van der Waals surface area contributed by atoms with Gasteiger partial charge >= 0.3 is 0 Å². The smallest absolute Gasteiger partial charge is 0.227 e. The summed E-state index contributed by atoms with van der Waals surface area (Å²) in [6, 6.07) is 9.67. The molecular formula is C15H14N4O. The highest BCUT2D eigenvalue weighted by Gasteiger charge is 2.11. The van der Waals surface area contributed by atoms with Crippen molar-refractivity contribution in [1.29, 1.82) is 0 Å². The van der Waals surface area contributed by atoms with E-state index in [9.17, 15) is 0 Å². The molecule has 20 heavy (non-hydrogen) atoms. The number of ether oxygens (including phenoxy) is 1. The van der Waals surface area contributed by atoms with Gasteiger partial charge in [-0.2, -0.15) is 0 Å². The van der Waals surface area contributed by atoms with Gasteiger partial charge in [-0.05, 0) is 18.6 Å². The highest BCUT2D eigenvalue weighted by molar-refractivity contribution is 5.84. The number of nitrogen functional groups attached to an aromatic ring is 1. The van der Waals surface area contributed by atoms with Crippen LogP contribution in [0.1, 0.15) is 12.5 Å². The normalized spacial score (nSPS) is 10.7. The van der Waals surface area contributed by atoms with Crippen LogP contribution >= 0.6 is 0 Å². The molecule has 2 N–H and O–H groups in total. The van der Waals surface area contributed by atoms with E-state index in [0.717, 1.165) is 16.5 Å². The second kappa shape index (κ2) is 5.13. The Kier molecular flexibility index (Phi) is 3.16. The third-order valence-electron chi connectivity index (χ3n) is 3.10. The van der Waals surface area contributed by atoms with E-state index in [-0.39, 0.29) is 0 Å². The number of aromatic nitrogens is 3. The van der Waals surface area contributed by atoms with E-state index in [0.29, 0.717) is 23.9 Å². The van der Waals surface area contributed by atoms with Crippen LogP contribution in [0, 0.1) is 0 Å². The molecule has 0 spiro atoms. The number of benzene rings is 1. The summed E-state index contributed by atoms with van der Waals surface area (Å²) in [5, 5.41) is 1.02. The first-order valence-electron chi connectivity index (χ1n) is 6.40. The lowest BCUT2D eigenvalue weighted by molar-refractivity contribution is 0.460. The van der Waals surface area contributed by atoms with Gasteiger partial charge in [-0.15, -0.1) is 0 Å². The van der Waals surface area contributed by atoms with Gasteiger partial charge < -0.3 is 10.5 Å². The summed E-state index contributed by atoms with van der Waals surface area (Å²) < 4.78 is 5.90. The maximum Gasteiger partial charge on any atom is 0.227 e. The quantitative estimate of drug-likeness (QED) is 0.788. The van der Waals surface area contributed by atoms with Crippen molar-refractivity contribution >= 4 is 16.7 Å². The standard InChI is InChI=1S/C15H14N4O/c1-2-11-14(16)18-9-19-15(11)20-12-7-3-5-10-6-4-8-17-13(10)12/h3-9H,2H2,1H3,(H2,16,18,19).